The van der Waals surface area contributed by atoms with Crippen molar-refractivity contribution in [2.24, 2.45) is 0 Å². The van der Waals surface area contributed by atoms with E-state index >= 15 is 0 Å². The maximum Gasteiger partial charge on any atom is 0.264 e. The van der Waals surface area contributed by atoms with Gasteiger partial charge in [0.05, 0.1) is 23.4 Å². The summed E-state index contributed by atoms with van der Waals surface area (Å²) in [5.41, 5.74) is 3.48. The fourth-order valence-electron chi connectivity index (χ4n) is 4.01. The number of aryl methyl sites for hydroxylation is 1. The normalized spacial score (nSPS) is 17.5. The first-order chi connectivity index (χ1) is 13.8. The maximum atomic E-state index is 13.5. The van der Waals surface area contributed by atoms with Crippen LogP contribution in [0.5, 0.6) is 5.75 Å². The molecule has 156 valence electrons. The molecule has 2 heterocycles. The van der Waals surface area contributed by atoms with Crippen molar-refractivity contribution in [1.82, 2.24) is 4.90 Å². The highest BCUT2D eigenvalue weighted by Gasteiger charge is 2.32. The van der Waals surface area contributed by atoms with Gasteiger partial charge in [-0.3, -0.25) is 4.31 Å². The summed E-state index contributed by atoms with van der Waals surface area (Å²) in [4.78, 5) is 4.73. The third-order valence-corrected chi connectivity index (χ3v) is 8.01. The number of anilines is 2. The van der Waals surface area contributed by atoms with E-state index in [0.717, 1.165) is 43.0 Å². The van der Waals surface area contributed by atoms with Crippen LogP contribution in [0.25, 0.3) is 0 Å². The van der Waals surface area contributed by atoms with Crippen molar-refractivity contribution in [3.05, 3.63) is 46.5 Å². The number of benzene rings is 2. The molecule has 0 unspecified atom stereocenters. The molecule has 0 saturated carbocycles. The molecule has 29 heavy (non-hydrogen) atoms. The molecule has 8 heteroatoms. The Morgan fingerprint density at radius 3 is 2.41 bits per heavy atom. The van der Waals surface area contributed by atoms with Crippen molar-refractivity contribution < 1.29 is 13.2 Å². The number of ether oxygens (including phenoxy) is 1. The molecular formula is C21H26ClN3O3S. The van der Waals surface area contributed by atoms with Crippen molar-refractivity contribution in [1.29, 1.82) is 0 Å². The van der Waals surface area contributed by atoms with Crippen LogP contribution in [0.1, 0.15) is 11.1 Å². The SMILES string of the molecule is COc1ccc(S(=O)(=O)N2CCc3cc(C)c(Cl)cc32)cc1N1CCN(C)CC1. The molecule has 0 amide bonds. The lowest BCUT2D eigenvalue weighted by molar-refractivity contribution is 0.311. The van der Waals surface area contributed by atoms with E-state index in [2.05, 4.69) is 16.8 Å². The van der Waals surface area contributed by atoms with Gasteiger partial charge >= 0.3 is 0 Å². The number of methoxy groups -OCH3 is 1. The highest BCUT2D eigenvalue weighted by atomic mass is 35.5. The van der Waals surface area contributed by atoms with E-state index in [4.69, 9.17) is 16.3 Å². The van der Waals surface area contributed by atoms with Gasteiger partial charge in [-0.1, -0.05) is 17.7 Å². The second-order valence-electron chi connectivity index (χ2n) is 7.68. The van der Waals surface area contributed by atoms with Gasteiger partial charge in [0.25, 0.3) is 10.0 Å². The average Bonchev–Trinajstić information content (AvgIpc) is 3.11. The van der Waals surface area contributed by atoms with Gasteiger partial charge in [0.2, 0.25) is 0 Å². The first-order valence-electron chi connectivity index (χ1n) is 9.74. The summed E-state index contributed by atoms with van der Waals surface area (Å²) in [7, 11) is 0.00902. The Morgan fingerprint density at radius 1 is 1.00 bits per heavy atom. The molecule has 2 aliphatic heterocycles. The van der Waals surface area contributed by atoms with Gasteiger partial charge in [0, 0.05) is 37.7 Å². The zero-order chi connectivity index (χ0) is 20.8. The third-order valence-electron chi connectivity index (χ3n) is 5.80. The summed E-state index contributed by atoms with van der Waals surface area (Å²) in [5.74, 6) is 0.689. The first kappa shape index (κ1) is 20.3. The van der Waals surface area contributed by atoms with Crippen molar-refractivity contribution >= 4 is 33.0 Å². The number of hydrogen-bond donors (Lipinski definition) is 0. The molecule has 2 aliphatic rings. The van der Waals surface area contributed by atoms with E-state index in [1.54, 1.807) is 31.4 Å². The number of hydrogen-bond acceptors (Lipinski definition) is 5. The Bertz CT molecular complexity index is 1030. The number of piperazine rings is 1. The van der Waals surface area contributed by atoms with E-state index in [1.807, 2.05) is 13.0 Å². The molecule has 0 aromatic heterocycles. The van der Waals surface area contributed by atoms with Crippen LogP contribution in [-0.4, -0.2) is 60.2 Å². The highest BCUT2D eigenvalue weighted by molar-refractivity contribution is 7.92. The number of halogens is 1. The van der Waals surface area contributed by atoms with Gasteiger partial charge in [-0.25, -0.2) is 8.42 Å². The minimum atomic E-state index is -3.70. The molecule has 0 radical (unpaired) electrons. The molecule has 1 saturated heterocycles. The van der Waals surface area contributed by atoms with Gasteiger partial charge in [-0.15, -0.1) is 0 Å². The van der Waals surface area contributed by atoms with Gasteiger partial charge in [0.1, 0.15) is 5.75 Å². The van der Waals surface area contributed by atoms with Crippen LogP contribution in [0, 0.1) is 6.92 Å². The summed E-state index contributed by atoms with van der Waals surface area (Å²) in [5, 5.41) is 0.582. The summed E-state index contributed by atoms with van der Waals surface area (Å²) in [6.07, 6.45) is 0.689. The molecule has 6 nitrogen and oxygen atoms in total. The second-order valence-corrected chi connectivity index (χ2v) is 9.95. The van der Waals surface area contributed by atoms with E-state index < -0.39 is 10.0 Å². The van der Waals surface area contributed by atoms with Crippen LogP contribution >= 0.6 is 11.6 Å². The van der Waals surface area contributed by atoms with Crippen LogP contribution in [0.4, 0.5) is 11.4 Å². The van der Waals surface area contributed by atoms with Crippen molar-refractivity contribution in [3.8, 4) is 5.75 Å². The zero-order valence-electron chi connectivity index (χ0n) is 17.0. The summed E-state index contributed by atoms with van der Waals surface area (Å²) in [6.45, 7) is 5.88. The Hall–Kier alpha value is -1.96. The molecule has 4 rings (SSSR count). The smallest absolute Gasteiger partial charge is 0.264 e. The zero-order valence-corrected chi connectivity index (χ0v) is 18.6. The molecular weight excluding hydrogens is 410 g/mol. The lowest BCUT2D eigenvalue weighted by atomic mass is 10.1. The molecule has 2 aromatic carbocycles. The lowest BCUT2D eigenvalue weighted by Crippen LogP contribution is -2.44. The largest absolute Gasteiger partial charge is 0.495 e. The molecule has 1 fully saturated rings. The van der Waals surface area contributed by atoms with E-state index in [9.17, 15) is 8.42 Å². The van der Waals surface area contributed by atoms with Gasteiger partial charge in [-0.2, -0.15) is 0 Å². The molecule has 0 N–H and O–H groups in total. The second kappa shape index (κ2) is 7.70. The first-order valence-corrected chi connectivity index (χ1v) is 11.6. The van der Waals surface area contributed by atoms with Gasteiger partial charge in [0.15, 0.2) is 0 Å². The van der Waals surface area contributed by atoms with Crippen LogP contribution in [0.2, 0.25) is 5.02 Å². The third kappa shape index (κ3) is 3.67. The molecule has 0 bridgehead atoms. The van der Waals surface area contributed by atoms with E-state index in [-0.39, 0.29) is 4.90 Å². The number of fused-ring (bicyclic) bond motifs is 1. The minimum absolute atomic E-state index is 0.275. The Morgan fingerprint density at radius 2 is 1.72 bits per heavy atom. The van der Waals surface area contributed by atoms with Crippen molar-refractivity contribution in [2.75, 3.05) is 56.1 Å². The van der Waals surface area contributed by atoms with E-state index in [0.29, 0.717) is 29.4 Å². The number of nitrogens with zero attached hydrogens (tertiary/aromatic N) is 3. The Balaban J connectivity index is 1.72. The molecule has 0 spiro atoms. The Labute approximate surface area is 177 Å². The molecule has 2 aromatic rings. The van der Waals surface area contributed by atoms with Gasteiger partial charge in [-0.05, 0) is 55.8 Å². The number of likely N-dealkylation sites (N-methyl/N-ethyl adjacent to an activating group) is 1. The van der Waals surface area contributed by atoms with Crippen LogP contribution < -0.4 is 13.9 Å². The van der Waals surface area contributed by atoms with E-state index in [1.165, 1.54) is 4.31 Å². The molecule has 0 aliphatic carbocycles. The number of sulfonamides is 1. The Kier molecular flexibility index (Phi) is 5.40. The average molecular weight is 436 g/mol. The van der Waals surface area contributed by atoms with Crippen LogP contribution in [-0.2, 0) is 16.4 Å². The predicted molar refractivity (Wildman–Crippen MR) is 117 cm³/mol. The monoisotopic (exact) mass is 435 g/mol. The topological polar surface area (TPSA) is 53.1 Å². The predicted octanol–water partition coefficient (Wildman–Crippen LogP) is 3.16. The fourth-order valence-corrected chi connectivity index (χ4v) is 5.68. The fraction of sp³-hybridized carbons (Fsp3) is 0.429. The minimum Gasteiger partial charge on any atom is -0.495 e. The standard InChI is InChI=1S/C21H26ClN3O3S/c1-15-12-16-6-7-25(19(16)14-18(15)22)29(26,27)17-4-5-21(28-3)20(13-17)24-10-8-23(2)9-11-24/h4-5,12-14H,6-11H2,1-3H3. The quantitative estimate of drug-likeness (QED) is 0.738. The van der Waals surface area contributed by atoms with Crippen molar-refractivity contribution in [2.45, 2.75) is 18.2 Å². The maximum absolute atomic E-state index is 13.5. The van der Waals surface area contributed by atoms with Crippen molar-refractivity contribution in [3.63, 3.8) is 0 Å². The lowest BCUT2D eigenvalue weighted by Gasteiger charge is -2.35. The van der Waals surface area contributed by atoms with Crippen LogP contribution in [0.15, 0.2) is 35.2 Å². The summed E-state index contributed by atoms with van der Waals surface area (Å²) in [6, 6.07) is 8.87. The highest BCUT2D eigenvalue weighted by Crippen LogP contribution is 2.38. The van der Waals surface area contributed by atoms with Gasteiger partial charge < -0.3 is 14.5 Å². The summed E-state index contributed by atoms with van der Waals surface area (Å²) < 4.78 is 34.0. The number of rotatable bonds is 4. The molecule has 0 atom stereocenters. The van der Waals surface area contributed by atoms with Crippen LogP contribution in [0.3, 0.4) is 0 Å². The summed E-state index contributed by atoms with van der Waals surface area (Å²) >= 11 is 6.28.